The lowest BCUT2D eigenvalue weighted by Gasteiger charge is -2.34. The molecule has 1 aliphatic heterocycles. The fourth-order valence-corrected chi connectivity index (χ4v) is 3.16. The van der Waals surface area contributed by atoms with Gasteiger partial charge in [0.1, 0.15) is 12.7 Å². The monoisotopic (exact) mass is 333 g/mol. The van der Waals surface area contributed by atoms with Crippen LogP contribution in [0.1, 0.15) is 22.0 Å². The maximum absolute atomic E-state index is 13.0. The Bertz CT molecular complexity index is 847. The summed E-state index contributed by atoms with van der Waals surface area (Å²) in [7, 11) is 0. The summed E-state index contributed by atoms with van der Waals surface area (Å²) in [5.74, 6) is 0.0531. The summed E-state index contributed by atoms with van der Waals surface area (Å²) in [6, 6.07) is 18.0. The average Bonchev–Trinajstić information content (AvgIpc) is 3.23. The lowest BCUT2D eigenvalue weighted by Crippen LogP contribution is -2.48. The number of amides is 1. The van der Waals surface area contributed by atoms with Crippen molar-refractivity contribution in [2.24, 2.45) is 0 Å². The molecule has 0 bridgehead atoms. The second-order valence-electron chi connectivity index (χ2n) is 6.09. The van der Waals surface area contributed by atoms with Crippen molar-refractivity contribution >= 4 is 5.91 Å². The lowest BCUT2D eigenvalue weighted by atomic mass is 10.0. The number of carbonyl (C=O) groups is 1. The van der Waals surface area contributed by atoms with Crippen LogP contribution in [-0.2, 0) is 0 Å². The molecule has 1 unspecified atom stereocenters. The molecule has 0 aliphatic carbocycles. The molecule has 25 heavy (non-hydrogen) atoms. The molecule has 1 aliphatic rings. The third kappa shape index (κ3) is 3.29. The predicted octanol–water partition coefficient (Wildman–Crippen LogP) is 2.05. The molecular formula is C19H19N5O. The smallest absolute Gasteiger partial charge is 0.254 e. The van der Waals surface area contributed by atoms with Crippen molar-refractivity contribution in [3.63, 3.8) is 0 Å². The first-order chi connectivity index (χ1) is 12.3. The Labute approximate surface area is 146 Å². The SMILES string of the molecule is O=C(c1cccc(-n2cnnc2)c1)N1CCNC(c2ccccc2)C1. The van der Waals surface area contributed by atoms with Crippen LogP contribution in [0.3, 0.4) is 0 Å². The number of rotatable bonds is 3. The minimum atomic E-state index is 0.0531. The molecule has 1 saturated heterocycles. The van der Waals surface area contributed by atoms with Gasteiger partial charge in [-0.1, -0.05) is 36.4 Å². The van der Waals surface area contributed by atoms with Crippen molar-refractivity contribution in [3.05, 3.63) is 78.4 Å². The van der Waals surface area contributed by atoms with Crippen LogP contribution >= 0.6 is 0 Å². The summed E-state index contributed by atoms with van der Waals surface area (Å²) >= 11 is 0. The van der Waals surface area contributed by atoms with E-state index in [4.69, 9.17) is 0 Å². The molecule has 0 radical (unpaired) electrons. The summed E-state index contributed by atoms with van der Waals surface area (Å²) in [4.78, 5) is 14.9. The van der Waals surface area contributed by atoms with E-state index < -0.39 is 0 Å². The molecule has 4 rings (SSSR count). The van der Waals surface area contributed by atoms with E-state index in [0.717, 1.165) is 12.2 Å². The molecule has 0 saturated carbocycles. The van der Waals surface area contributed by atoms with Crippen LogP contribution in [0.25, 0.3) is 5.69 Å². The molecule has 1 atom stereocenters. The van der Waals surface area contributed by atoms with Crippen LogP contribution in [0.2, 0.25) is 0 Å². The highest BCUT2D eigenvalue weighted by atomic mass is 16.2. The van der Waals surface area contributed by atoms with Crippen molar-refractivity contribution in [1.82, 2.24) is 25.0 Å². The number of hydrogen-bond donors (Lipinski definition) is 1. The Morgan fingerprint density at radius 1 is 1.04 bits per heavy atom. The van der Waals surface area contributed by atoms with Gasteiger partial charge in [0, 0.05) is 36.9 Å². The van der Waals surface area contributed by atoms with Crippen molar-refractivity contribution in [2.45, 2.75) is 6.04 Å². The van der Waals surface area contributed by atoms with Gasteiger partial charge in [-0.05, 0) is 23.8 Å². The number of aromatic nitrogens is 3. The van der Waals surface area contributed by atoms with Crippen molar-refractivity contribution < 1.29 is 4.79 Å². The van der Waals surface area contributed by atoms with Crippen molar-refractivity contribution in [3.8, 4) is 5.69 Å². The van der Waals surface area contributed by atoms with E-state index in [-0.39, 0.29) is 11.9 Å². The molecule has 3 aromatic rings. The van der Waals surface area contributed by atoms with E-state index >= 15 is 0 Å². The van der Waals surface area contributed by atoms with E-state index in [1.165, 1.54) is 5.56 Å². The highest BCUT2D eigenvalue weighted by Crippen LogP contribution is 2.19. The molecule has 126 valence electrons. The molecule has 1 amide bonds. The predicted molar refractivity (Wildman–Crippen MR) is 94.4 cm³/mol. The third-order valence-corrected chi connectivity index (χ3v) is 4.47. The van der Waals surface area contributed by atoms with Crippen LogP contribution in [-0.4, -0.2) is 45.2 Å². The molecule has 1 fully saturated rings. The summed E-state index contributed by atoms with van der Waals surface area (Å²) in [6.07, 6.45) is 3.25. The van der Waals surface area contributed by atoms with Gasteiger partial charge in [-0.25, -0.2) is 0 Å². The summed E-state index contributed by atoms with van der Waals surface area (Å²) in [5.41, 5.74) is 2.77. The minimum Gasteiger partial charge on any atom is -0.335 e. The molecule has 6 heteroatoms. The Morgan fingerprint density at radius 3 is 2.64 bits per heavy atom. The summed E-state index contributed by atoms with van der Waals surface area (Å²) < 4.78 is 1.79. The van der Waals surface area contributed by atoms with Crippen LogP contribution in [0.4, 0.5) is 0 Å². The van der Waals surface area contributed by atoms with Crippen LogP contribution in [0.15, 0.2) is 67.3 Å². The standard InChI is InChI=1S/C19H19N5O/c25-19(16-7-4-8-17(11-16)24-13-21-22-14-24)23-10-9-20-18(12-23)15-5-2-1-3-6-15/h1-8,11,13-14,18,20H,9-10,12H2. The van der Waals surface area contributed by atoms with Gasteiger partial charge in [-0.15, -0.1) is 10.2 Å². The zero-order chi connectivity index (χ0) is 17.1. The van der Waals surface area contributed by atoms with Gasteiger partial charge in [0.25, 0.3) is 5.91 Å². The van der Waals surface area contributed by atoms with Crippen LogP contribution in [0.5, 0.6) is 0 Å². The third-order valence-electron chi connectivity index (χ3n) is 4.47. The minimum absolute atomic E-state index is 0.0531. The Kier molecular flexibility index (Phi) is 4.26. The number of nitrogens with one attached hydrogen (secondary N) is 1. The van der Waals surface area contributed by atoms with E-state index in [1.807, 2.05) is 47.4 Å². The number of nitrogens with zero attached hydrogens (tertiary/aromatic N) is 4. The molecule has 2 heterocycles. The van der Waals surface area contributed by atoms with Crippen LogP contribution in [0, 0.1) is 0 Å². The summed E-state index contributed by atoms with van der Waals surface area (Å²) in [5, 5.41) is 11.1. The van der Waals surface area contributed by atoms with Gasteiger partial charge in [0.15, 0.2) is 0 Å². The molecule has 2 aromatic carbocycles. The highest BCUT2D eigenvalue weighted by Gasteiger charge is 2.25. The number of piperazine rings is 1. The normalized spacial score (nSPS) is 17.4. The highest BCUT2D eigenvalue weighted by molar-refractivity contribution is 5.94. The maximum Gasteiger partial charge on any atom is 0.254 e. The summed E-state index contributed by atoms with van der Waals surface area (Å²) in [6.45, 7) is 2.16. The zero-order valence-electron chi connectivity index (χ0n) is 13.7. The van der Waals surface area contributed by atoms with E-state index in [0.29, 0.717) is 18.7 Å². The van der Waals surface area contributed by atoms with E-state index in [2.05, 4.69) is 27.6 Å². The molecular weight excluding hydrogens is 314 g/mol. The number of benzene rings is 2. The van der Waals surface area contributed by atoms with Gasteiger partial charge in [-0.2, -0.15) is 0 Å². The van der Waals surface area contributed by atoms with Gasteiger partial charge < -0.3 is 10.2 Å². The lowest BCUT2D eigenvalue weighted by molar-refractivity contribution is 0.0703. The topological polar surface area (TPSA) is 63.1 Å². The van der Waals surface area contributed by atoms with Gasteiger partial charge in [0.2, 0.25) is 0 Å². The Hall–Kier alpha value is -2.99. The first-order valence-corrected chi connectivity index (χ1v) is 8.34. The Morgan fingerprint density at radius 2 is 1.84 bits per heavy atom. The van der Waals surface area contributed by atoms with Crippen molar-refractivity contribution in [2.75, 3.05) is 19.6 Å². The van der Waals surface area contributed by atoms with Gasteiger partial charge in [0.05, 0.1) is 0 Å². The molecule has 6 nitrogen and oxygen atoms in total. The average molecular weight is 333 g/mol. The zero-order valence-corrected chi connectivity index (χ0v) is 13.7. The number of hydrogen-bond acceptors (Lipinski definition) is 4. The van der Waals surface area contributed by atoms with Gasteiger partial charge >= 0.3 is 0 Å². The number of carbonyl (C=O) groups excluding carboxylic acids is 1. The fourth-order valence-electron chi connectivity index (χ4n) is 3.16. The first-order valence-electron chi connectivity index (χ1n) is 8.34. The largest absolute Gasteiger partial charge is 0.335 e. The van der Waals surface area contributed by atoms with Gasteiger partial charge in [-0.3, -0.25) is 9.36 Å². The second-order valence-corrected chi connectivity index (χ2v) is 6.09. The molecule has 0 spiro atoms. The van der Waals surface area contributed by atoms with E-state index in [1.54, 1.807) is 17.2 Å². The maximum atomic E-state index is 13.0. The molecule has 1 aromatic heterocycles. The first kappa shape index (κ1) is 15.5. The van der Waals surface area contributed by atoms with Crippen LogP contribution < -0.4 is 5.32 Å². The quantitative estimate of drug-likeness (QED) is 0.797. The second kappa shape index (κ2) is 6.86. The van der Waals surface area contributed by atoms with Crippen molar-refractivity contribution in [1.29, 1.82) is 0 Å². The molecule has 1 N–H and O–H groups in total. The van der Waals surface area contributed by atoms with E-state index in [9.17, 15) is 4.79 Å². The fraction of sp³-hybridized carbons (Fsp3) is 0.211. The Balaban J connectivity index is 1.53.